The molecule has 0 aliphatic heterocycles. The summed E-state index contributed by atoms with van der Waals surface area (Å²) in [4.78, 5) is 11.8. The average molecular weight is 236 g/mol. The van der Waals surface area contributed by atoms with Crippen LogP contribution < -0.4 is 4.74 Å². The quantitative estimate of drug-likeness (QED) is 0.711. The Morgan fingerprint density at radius 2 is 1.94 bits per heavy atom. The number of benzene rings is 1. The molecule has 0 unspecified atom stereocenters. The fourth-order valence-electron chi connectivity index (χ4n) is 1.67. The Bertz CT molecular complexity index is 372. The SMILES string of the molecule is CCCc1ccc(OCC)c(C(=O)OCC)c1. The van der Waals surface area contributed by atoms with Crippen LogP contribution in [0.25, 0.3) is 0 Å². The van der Waals surface area contributed by atoms with E-state index in [1.807, 2.05) is 25.1 Å². The van der Waals surface area contributed by atoms with Gasteiger partial charge >= 0.3 is 5.97 Å². The van der Waals surface area contributed by atoms with Gasteiger partial charge in [0.05, 0.1) is 13.2 Å². The number of esters is 1. The summed E-state index contributed by atoms with van der Waals surface area (Å²) in [6.45, 7) is 6.73. The molecule has 1 aromatic rings. The molecule has 0 aliphatic carbocycles. The molecule has 0 N–H and O–H groups in total. The van der Waals surface area contributed by atoms with Crippen LogP contribution in [0.5, 0.6) is 5.75 Å². The van der Waals surface area contributed by atoms with Crippen molar-refractivity contribution in [2.24, 2.45) is 0 Å². The Hall–Kier alpha value is -1.51. The summed E-state index contributed by atoms with van der Waals surface area (Å²) in [5, 5.41) is 0. The largest absolute Gasteiger partial charge is 0.493 e. The maximum atomic E-state index is 11.8. The van der Waals surface area contributed by atoms with Crippen LogP contribution in [-0.4, -0.2) is 19.2 Å². The third kappa shape index (κ3) is 3.77. The van der Waals surface area contributed by atoms with Gasteiger partial charge in [0.15, 0.2) is 0 Å². The number of hydrogen-bond donors (Lipinski definition) is 0. The van der Waals surface area contributed by atoms with Gasteiger partial charge in [-0.15, -0.1) is 0 Å². The lowest BCUT2D eigenvalue weighted by atomic mass is 10.1. The number of hydrogen-bond acceptors (Lipinski definition) is 3. The molecular formula is C14H20O3. The van der Waals surface area contributed by atoms with Gasteiger partial charge in [-0.25, -0.2) is 4.79 Å². The Morgan fingerprint density at radius 1 is 1.18 bits per heavy atom. The maximum absolute atomic E-state index is 11.8. The Labute approximate surface area is 103 Å². The van der Waals surface area contributed by atoms with Crippen LogP contribution >= 0.6 is 0 Å². The maximum Gasteiger partial charge on any atom is 0.341 e. The Morgan fingerprint density at radius 3 is 2.53 bits per heavy atom. The Balaban J connectivity index is 3.01. The highest BCUT2D eigenvalue weighted by Crippen LogP contribution is 2.22. The highest BCUT2D eigenvalue weighted by Gasteiger charge is 2.14. The van der Waals surface area contributed by atoms with Crippen molar-refractivity contribution in [2.45, 2.75) is 33.6 Å². The van der Waals surface area contributed by atoms with E-state index in [-0.39, 0.29) is 5.97 Å². The van der Waals surface area contributed by atoms with E-state index in [9.17, 15) is 4.79 Å². The van der Waals surface area contributed by atoms with Crippen molar-refractivity contribution in [3.63, 3.8) is 0 Å². The van der Waals surface area contributed by atoms with Gasteiger partial charge in [-0.2, -0.15) is 0 Å². The monoisotopic (exact) mass is 236 g/mol. The molecule has 0 aliphatic rings. The molecule has 3 heteroatoms. The van der Waals surface area contributed by atoms with E-state index in [2.05, 4.69) is 6.92 Å². The zero-order valence-electron chi connectivity index (χ0n) is 10.8. The molecular weight excluding hydrogens is 216 g/mol. The summed E-state index contributed by atoms with van der Waals surface area (Å²) in [5.74, 6) is 0.291. The standard InChI is InChI=1S/C14H20O3/c1-4-7-11-8-9-13(16-5-2)12(10-11)14(15)17-6-3/h8-10H,4-7H2,1-3H3. The minimum Gasteiger partial charge on any atom is -0.493 e. The van der Waals surface area contributed by atoms with E-state index >= 15 is 0 Å². The Kier molecular flexibility index (Phi) is 5.53. The number of carbonyl (C=O) groups is 1. The second-order valence-corrected chi connectivity index (χ2v) is 3.73. The first-order valence-electron chi connectivity index (χ1n) is 6.15. The van der Waals surface area contributed by atoms with Gasteiger partial charge in [-0.1, -0.05) is 19.4 Å². The van der Waals surface area contributed by atoms with Gasteiger partial charge in [0.2, 0.25) is 0 Å². The lowest BCUT2D eigenvalue weighted by molar-refractivity contribution is 0.0522. The normalized spacial score (nSPS) is 10.1. The van der Waals surface area contributed by atoms with Crippen LogP contribution in [0.2, 0.25) is 0 Å². The summed E-state index contributed by atoms with van der Waals surface area (Å²) >= 11 is 0. The molecule has 0 radical (unpaired) electrons. The minimum absolute atomic E-state index is 0.311. The summed E-state index contributed by atoms with van der Waals surface area (Å²) in [6.07, 6.45) is 2.01. The van der Waals surface area contributed by atoms with Crippen LogP contribution in [0.1, 0.15) is 43.1 Å². The van der Waals surface area contributed by atoms with Gasteiger partial charge < -0.3 is 9.47 Å². The topological polar surface area (TPSA) is 35.5 Å². The lowest BCUT2D eigenvalue weighted by Gasteiger charge is -2.11. The van der Waals surface area contributed by atoms with Crippen molar-refractivity contribution < 1.29 is 14.3 Å². The molecule has 0 spiro atoms. The fraction of sp³-hybridized carbons (Fsp3) is 0.500. The smallest absolute Gasteiger partial charge is 0.341 e. The van der Waals surface area contributed by atoms with E-state index in [4.69, 9.17) is 9.47 Å². The summed E-state index contributed by atoms with van der Waals surface area (Å²) in [6, 6.07) is 5.71. The van der Waals surface area contributed by atoms with Crippen molar-refractivity contribution >= 4 is 5.97 Å². The summed E-state index contributed by atoms with van der Waals surface area (Å²) in [5.41, 5.74) is 1.67. The molecule has 0 bridgehead atoms. The third-order valence-electron chi connectivity index (χ3n) is 2.38. The molecule has 1 rings (SSSR count). The summed E-state index contributed by atoms with van der Waals surface area (Å²) in [7, 11) is 0. The molecule has 94 valence electrons. The fourth-order valence-corrected chi connectivity index (χ4v) is 1.67. The molecule has 0 saturated heterocycles. The first-order chi connectivity index (χ1) is 8.22. The third-order valence-corrected chi connectivity index (χ3v) is 2.38. The number of aryl methyl sites for hydroxylation is 1. The molecule has 3 nitrogen and oxygen atoms in total. The predicted molar refractivity (Wildman–Crippen MR) is 67.6 cm³/mol. The number of ether oxygens (including phenoxy) is 2. The van der Waals surface area contributed by atoms with Gasteiger partial charge in [0, 0.05) is 0 Å². The predicted octanol–water partition coefficient (Wildman–Crippen LogP) is 3.21. The zero-order valence-corrected chi connectivity index (χ0v) is 10.8. The zero-order chi connectivity index (χ0) is 12.7. The van der Waals surface area contributed by atoms with Crippen LogP contribution in [0, 0.1) is 0 Å². The highest BCUT2D eigenvalue weighted by atomic mass is 16.5. The van der Waals surface area contributed by atoms with Crippen molar-refractivity contribution in [2.75, 3.05) is 13.2 Å². The van der Waals surface area contributed by atoms with Gasteiger partial charge in [0.25, 0.3) is 0 Å². The number of carbonyl (C=O) groups excluding carboxylic acids is 1. The first-order valence-corrected chi connectivity index (χ1v) is 6.15. The molecule has 1 aromatic carbocycles. The van der Waals surface area contributed by atoms with Crippen molar-refractivity contribution in [1.29, 1.82) is 0 Å². The highest BCUT2D eigenvalue weighted by molar-refractivity contribution is 5.92. The lowest BCUT2D eigenvalue weighted by Crippen LogP contribution is -2.08. The van der Waals surface area contributed by atoms with E-state index in [0.717, 1.165) is 18.4 Å². The van der Waals surface area contributed by atoms with Crippen molar-refractivity contribution in [3.8, 4) is 5.75 Å². The van der Waals surface area contributed by atoms with Crippen molar-refractivity contribution in [1.82, 2.24) is 0 Å². The molecule has 0 atom stereocenters. The van der Waals surface area contributed by atoms with E-state index in [1.165, 1.54) is 0 Å². The van der Waals surface area contributed by atoms with E-state index in [1.54, 1.807) is 6.92 Å². The van der Waals surface area contributed by atoms with Crippen molar-refractivity contribution in [3.05, 3.63) is 29.3 Å². The molecule has 0 saturated carbocycles. The first kappa shape index (κ1) is 13.6. The summed E-state index contributed by atoms with van der Waals surface area (Å²) < 4.78 is 10.5. The second-order valence-electron chi connectivity index (χ2n) is 3.73. The van der Waals surface area contributed by atoms with Gasteiger partial charge in [0.1, 0.15) is 11.3 Å². The van der Waals surface area contributed by atoms with Gasteiger partial charge in [-0.05, 0) is 38.0 Å². The second kappa shape index (κ2) is 6.94. The molecule has 0 aromatic heterocycles. The molecule has 0 fully saturated rings. The van der Waals surface area contributed by atoms with Crippen LogP contribution in [0.4, 0.5) is 0 Å². The average Bonchev–Trinajstić information content (AvgIpc) is 2.32. The van der Waals surface area contributed by atoms with E-state index in [0.29, 0.717) is 24.5 Å². The number of rotatable bonds is 6. The minimum atomic E-state index is -0.311. The van der Waals surface area contributed by atoms with Crippen LogP contribution in [0.3, 0.4) is 0 Å². The van der Waals surface area contributed by atoms with Crippen LogP contribution in [-0.2, 0) is 11.2 Å². The van der Waals surface area contributed by atoms with Crippen LogP contribution in [0.15, 0.2) is 18.2 Å². The molecule has 0 amide bonds. The molecule has 17 heavy (non-hydrogen) atoms. The van der Waals surface area contributed by atoms with E-state index < -0.39 is 0 Å². The van der Waals surface area contributed by atoms with Gasteiger partial charge in [-0.3, -0.25) is 0 Å². The molecule has 0 heterocycles.